The van der Waals surface area contributed by atoms with Gasteiger partial charge in [0.2, 0.25) is 0 Å². The van der Waals surface area contributed by atoms with E-state index in [1.54, 1.807) is 10.6 Å². The van der Waals surface area contributed by atoms with E-state index in [1.807, 2.05) is 12.1 Å². The van der Waals surface area contributed by atoms with Gasteiger partial charge in [-0.2, -0.15) is 17.4 Å². The normalized spacial score (nSPS) is 26.2. The molecule has 3 rings (SSSR count). The second-order valence-electron chi connectivity index (χ2n) is 5.46. The smallest absolute Gasteiger partial charge is 0.279 e. The van der Waals surface area contributed by atoms with E-state index in [9.17, 15) is 8.42 Å². The maximum atomic E-state index is 12.3. The van der Waals surface area contributed by atoms with Gasteiger partial charge in [-0.15, -0.1) is 0 Å². The Morgan fingerprint density at radius 1 is 1.26 bits per heavy atom. The van der Waals surface area contributed by atoms with Crippen LogP contribution < -0.4 is 4.72 Å². The lowest BCUT2D eigenvalue weighted by atomic mass is 10.1. The minimum atomic E-state index is -3.33. The summed E-state index contributed by atoms with van der Waals surface area (Å²) in [4.78, 5) is 0. The quantitative estimate of drug-likeness (QED) is 0.917. The van der Waals surface area contributed by atoms with Gasteiger partial charge in [0.15, 0.2) is 0 Å². The van der Waals surface area contributed by atoms with E-state index in [0.717, 1.165) is 37.9 Å². The third kappa shape index (κ3) is 2.85. The van der Waals surface area contributed by atoms with Crippen LogP contribution in [0.1, 0.15) is 43.8 Å². The van der Waals surface area contributed by atoms with Crippen LogP contribution in [0, 0.1) is 0 Å². The van der Waals surface area contributed by atoms with Crippen LogP contribution in [0.3, 0.4) is 0 Å². The summed E-state index contributed by atoms with van der Waals surface area (Å²) in [5.74, 6) is 1.08. The summed E-state index contributed by atoms with van der Waals surface area (Å²) in [6.07, 6.45) is 6.66. The lowest BCUT2D eigenvalue weighted by Gasteiger charge is -2.20. The number of hydrogen-bond acceptors (Lipinski definition) is 3. The molecule has 2 fully saturated rings. The van der Waals surface area contributed by atoms with Crippen LogP contribution in [-0.4, -0.2) is 31.9 Å². The number of hydrogen-bond donors (Lipinski definition) is 1. The standard InChI is InChI=1S/C13H20N2O3S/c16-19(17,14-12-4-1-2-5-12)15-8-7-11(10-15)13-6-3-9-18-13/h3,6,9,11-12,14H,1-2,4-5,7-8,10H2. The molecule has 1 saturated heterocycles. The third-order valence-electron chi connectivity index (χ3n) is 4.11. The molecule has 1 aliphatic heterocycles. The Kier molecular flexibility index (Phi) is 3.64. The molecule has 0 amide bonds. The molecule has 1 aliphatic carbocycles. The van der Waals surface area contributed by atoms with Gasteiger partial charge >= 0.3 is 0 Å². The first kappa shape index (κ1) is 13.1. The number of furan rings is 1. The van der Waals surface area contributed by atoms with Gasteiger partial charge in [0.1, 0.15) is 5.76 Å². The summed E-state index contributed by atoms with van der Waals surface area (Å²) in [6.45, 7) is 1.10. The second kappa shape index (κ2) is 5.26. The van der Waals surface area contributed by atoms with Crippen molar-refractivity contribution in [3.05, 3.63) is 24.2 Å². The fourth-order valence-corrected chi connectivity index (χ4v) is 4.56. The average Bonchev–Trinajstić information content (AvgIpc) is 3.11. The summed E-state index contributed by atoms with van der Waals surface area (Å²) in [5.41, 5.74) is 0. The Balaban J connectivity index is 1.63. The van der Waals surface area contributed by atoms with Crippen molar-refractivity contribution in [1.82, 2.24) is 9.03 Å². The minimum Gasteiger partial charge on any atom is -0.469 e. The van der Waals surface area contributed by atoms with Gasteiger partial charge in [-0.1, -0.05) is 12.8 Å². The zero-order valence-electron chi connectivity index (χ0n) is 10.9. The Hall–Kier alpha value is -0.850. The third-order valence-corrected chi connectivity index (χ3v) is 5.75. The van der Waals surface area contributed by atoms with E-state index in [2.05, 4.69) is 4.72 Å². The van der Waals surface area contributed by atoms with Gasteiger partial charge in [-0.25, -0.2) is 0 Å². The maximum Gasteiger partial charge on any atom is 0.279 e. The van der Waals surface area contributed by atoms with Gasteiger partial charge in [0.05, 0.1) is 6.26 Å². The molecule has 2 aliphatic rings. The predicted octanol–water partition coefficient (Wildman–Crippen LogP) is 1.85. The number of nitrogens with zero attached hydrogens (tertiary/aromatic N) is 1. The molecule has 0 aromatic carbocycles. The highest BCUT2D eigenvalue weighted by atomic mass is 32.2. The summed E-state index contributed by atoms with van der Waals surface area (Å²) in [7, 11) is -3.33. The highest BCUT2D eigenvalue weighted by Crippen LogP contribution is 2.29. The highest BCUT2D eigenvalue weighted by molar-refractivity contribution is 7.87. The summed E-state index contributed by atoms with van der Waals surface area (Å²) >= 11 is 0. The molecular weight excluding hydrogens is 264 g/mol. The SMILES string of the molecule is O=S(=O)(NC1CCCC1)N1CCC(c2ccco2)C1. The molecule has 2 heterocycles. The Labute approximate surface area is 114 Å². The van der Waals surface area contributed by atoms with Gasteiger partial charge in [0, 0.05) is 25.0 Å². The molecule has 0 bridgehead atoms. The fraction of sp³-hybridized carbons (Fsp3) is 0.692. The highest BCUT2D eigenvalue weighted by Gasteiger charge is 2.34. The van der Waals surface area contributed by atoms with Crippen LogP contribution >= 0.6 is 0 Å². The Morgan fingerprint density at radius 2 is 2.05 bits per heavy atom. The van der Waals surface area contributed by atoms with Crippen molar-refractivity contribution in [3.8, 4) is 0 Å². The molecule has 106 valence electrons. The molecule has 1 unspecified atom stereocenters. The largest absolute Gasteiger partial charge is 0.469 e. The Morgan fingerprint density at radius 3 is 2.74 bits per heavy atom. The maximum absolute atomic E-state index is 12.3. The monoisotopic (exact) mass is 284 g/mol. The van der Waals surface area contributed by atoms with E-state index in [-0.39, 0.29) is 12.0 Å². The van der Waals surface area contributed by atoms with Crippen molar-refractivity contribution in [3.63, 3.8) is 0 Å². The summed E-state index contributed by atoms with van der Waals surface area (Å²) < 4.78 is 34.3. The van der Waals surface area contributed by atoms with Crippen molar-refractivity contribution in [2.24, 2.45) is 0 Å². The first-order valence-corrected chi connectivity index (χ1v) is 8.40. The van der Waals surface area contributed by atoms with E-state index >= 15 is 0 Å². The van der Waals surface area contributed by atoms with E-state index in [4.69, 9.17) is 4.42 Å². The molecule has 1 N–H and O–H groups in total. The second-order valence-corrected chi connectivity index (χ2v) is 7.17. The van der Waals surface area contributed by atoms with Crippen LogP contribution in [-0.2, 0) is 10.2 Å². The van der Waals surface area contributed by atoms with Crippen molar-refractivity contribution in [1.29, 1.82) is 0 Å². The summed E-state index contributed by atoms with van der Waals surface area (Å²) in [6, 6.07) is 3.90. The fourth-order valence-electron chi connectivity index (χ4n) is 3.03. The lowest BCUT2D eigenvalue weighted by molar-refractivity contribution is 0.432. The zero-order chi connectivity index (χ0) is 13.3. The molecule has 5 nitrogen and oxygen atoms in total. The van der Waals surface area contributed by atoms with Crippen molar-refractivity contribution in [2.75, 3.05) is 13.1 Å². The zero-order valence-corrected chi connectivity index (χ0v) is 11.7. The van der Waals surface area contributed by atoms with E-state index < -0.39 is 10.2 Å². The number of nitrogens with one attached hydrogen (secondary N) is 1. The molecule has 6 heteroatoms. The predicted molar refractivity (Wildman–Crippen MR) is 72.0 cm³/mol. The van der Waals surface area contributed by atoms with Crippen LogP contribution in [0.25, 0.3) is 0 Å². The van der Waals surface area contributed by atoms with Gasteiger partial charge in [-0.05, 0) is 31.4 Å². The van der Waals surface area contributed by atoms with Crippen molar-refractivity contribution in [2.45, 2.75) is 44.1 Å². The molecule has 1 atom stereocenters. The molecular formula is C13H20N2O3S. The van der Waals surface area contributed by atoms with E-state index in [0.29, 0.717) is 13.1 Å². The first-order chi connectivity index (χ1) is 9.15. The molecule has 0 radical (unpaired) electrons. The number of rotatable bonds is 4. The minimum absolute atomic E-state index is 0.132. The lowest BCUT2D eigenvalue weighted by Crippen LogP contribution is -2.43. The molecule has 0 spiro atoms. The van der Waals surface area contributed by atoms with Crippen LogP contribution in [0.4, 0.5) is 0 Å². The van der Waals surface area contributed by atoms with Crippen molar-refractivity contribution >= 4 is 10.2 Å². The van der Waals surface area contributed by atoms with Crippen molar-refractivity contribution < 1.29 is 12.8 Å². The average molecular weight is 284 g/mol. The van der Waals surface area contributed by atoms with Gasteiger partial charge in [0.25, 0.3) is 10.2 Å². The first-order valence-electron chi connectivity index (χ1n) is 6.96. The topological polar surface area (TPSA) is 62.6 Å². The van der Waals surface area contributed by atoms with E-state index in [1.165, 1.54) is 0 Å². The van der Waals surface area contributed by atoms with Gasteiger partial charge in [-0.3, -0.25) is 0 Å². The molecule has 19 heavy (non-hydrogen) atoms. The van der Waals surface area contributed by atoms with Gasteiger partial charge < -0.3 is 4.42 Å². The molecule has 1 saturated carbocycles. The molecule has 1 aromatic rings. The van der Waals surface area contributed by atoms with Crippen LogP contribution in [0.2, 0.25) is 0 Å². The molecule has 1 aromatic heterocycles. The van der Waals surface area contributed by atoms with Crippen LogP contribution in [0.15, 0.2) is 22.8 Å². The Bertz CT molecular complexity index is 506. The summed E-state index contributed by atoms with van der Waals surface area (Å²) in [5, 5.41) is 0. The van der Waals surface area contributed by atoms with Crippen LogP contribution in [0.5, 0.6) is 0 Å².